The van der Waals surface area contributed by atoms with Gasteiger partial charge in [0.05, 0.1) is 17.1 Å². The number of carbonyl (C=O) groups is 1. The van der Waals surface area contributed by atoms with Crippen LogP contribution in [-0.4, -0.2) is 63.5 Å². The average Bonchev–Trinajstić information content (AvgIpc) is 2.73. The van der Waals surface area contributed by atoms with Crippen LogP contribution in [-0.2, 0) is 9.47 Å². The number of ether oxygens (including phenoxy) is 3. The number of hydrogen-bond acceptors (Lipinski definition) is 9. The fourth-order valence-electron chi connectivity index (χ4n) is 2.85. The van der Waals surface area contributed by atoms with Gasteiger partial charge in [-0.15, -0.1) is 0 Å². The van der Waals surface area contributed by atoms with Crippen LogP contribution in [0.5, 0.6) is 5.75 Å². The van der Waals surface area contributed by atoms with E-state index in [1.165, 1.54) is 48.5 Å². The lowest BCUT2D eigenvalue weighted by Crippen LogP contribution is -2.61. The summed E-state index contributed by atoms with van der Waals surface area (Å²) in [5.41, 5.74) is -0.0235. The number of aliphatic hydroxyl groups is 3. The molecule has 3 N–H and O–H groups in total. The molecule has 10 nitrogen and oxygen atoms in total. The summed E-state index contributed by atoms with van der Waals surface area (Å²) < 4.78 is 16.1. The standard InChI is InChI=1S/C19H18ClNO9/c20-11-3-1-10(2-4-11)18(25)30-17-15(23)14(9-22)29-19(16(17)24)28-13-7-5-12(6-8-13)21(26)27/h1-8,14-17,19,22-24H,9H2/t14-,15+,16-,17+,19-/m1/s1. The third-order valence-corrected chi connectivity index (χ3v) is 4.70. The number of non-ortho nitro benzene ring substituents is 1. The molecule has 1 heterocycles. The Kier molecular flexibility index (Phi) is 6.85. The van der Waals surface area contributed by atoms with Gasteiger partial charge in [-0.1, -0.05) is 11.6 Å². The number of benzene rings is 2. The van der Waals surface area contributed by atoms with Gasteiger partial charge in [-0.25, -0.2) is 4.79 Å². The fraction of sp³-hybridized carbons (Fsp3) is 0.316. The van der Waals surface area contributed by atoms with Gasteiger partial charge < -0.3 is 29.5 Å². The lowest BCUT2D eigenvalue weighted by Gasteiger charge is -2.41. The highest BCUT2D eigenvalue weighted by Crippen LogP contribution is 2.28. The summed E-state index contributed by atoms with van der Waals surface area (Å²) >= 11 is 5.79. The SMILES string of the molecule is O=C(O[C@H]1[C@@H](O)[C@@H](CO)O[C@@H](Oc2ccc([N+](=O)[O-])cc2)[C@@H]1O)c1ccc(Cl)cc1. The van der Waals surface area contributed by atoms with E-state index in [1.807, 2.05) is 0 Å². The van der Waals surface area contributed by atoms with Crippen LogP contribution < -0.4 is 4.74 Å². The molecule has 0 bridgehead atoms. The van der Waals surface area contributed by atoms with E-state index < -0.39 is 48.2 Å². The minimum atomic E-state index is -1.62. The van der Waals surface area contributed by atoms with Crippen LogP contribution in [0.25, 0.3) is 0 Å². The molecule has 0 saturated carbocycles. The van der Waals surface area contributed by atoms with Gasteiger partial charge in [0.2, 0.25) is 6.29 Å². The zero-order chi connectivity index (χ0) is 21.8. The van der Waals surface area contributed by atoms with Crippen LogP contribution in [0.4, 0.5) is 5.69 Å². The van der Waals surface area contributed by atoms with Gasteiger partial charge in [0.1, 0.15) is 18.0 Å². The summed E-state index contributed by atoms with van der Waals surface area (Å²) in [4.78, 5) is 22.5. The molecule has 0 radical (unpaired) electrons. The second-order valence-electron chi connectivity index (χ2n) is 6.45. The summed E-state index contributed by atoms with van der Waals surface area (Å²) in [5.74, 6) is -0.706. The predicted octanol–water partition coefficient (Wildman–Crippen LogP) is 1.29. The van der Waals surface area contributed by atoms with Gasteiger partial charge in [-0.2, -0.15) is 0 Å². The molecule has 2 aromatic carbocycles. The van der Waals surface area contributed by atoms with Gasteiger partial charge in [0.25, 0.3) is 5.69 Å². The van der Waals surface area contributed by atoms with E-state index >= 15 is 0 Å². The minimum Gasteiger partial charge on any atom is -0.462 e. The molecule has 5 atom stereocenters. The monoisotopic (exact) mass is 439 g/mol. The van der Waals surface area contributed by atoms with Crippen molar-refractivity contribution in [3.63, 3.8) is 0 Å². The Morgan fingerprint density at radius 1 is 1.10 bits per heavy atom. The molecule has 30 heavy (non-hydrogen) atoms. The summed E-state index contributed by atoms with van der Waals surface area (Å²) in [6.07, 6.45) is -7.25. The van der Waals surface area contributed by atoms with Crippen molar-refractivity contribution in [2.75, 3.05) is 6.61 Å². The Balaban J connectivity index is 1.76. The maximum absolute atomic E-state index is 12.4. The van der Waals surface area contributed by atoms with E-state index in [4.69, 9.17) is 25.8 Å². The Labute approximate surface area is 175 Å². The van der Waals surface area contributed by atoms with Crippen molar-refractivity contribution in [3.05, 3.63) is 69.2 Å². The molecule has 1 aliphatic heterocycles. The van der Waals surface area contributed by atoms with Gasteiger partial charge in [0, 0.05) is 17.2 Å². The molecule has 160 valence electrons. The molecule has 0 unspecified atom stereocenters. The van der Waals surface area contributed by atoms with E-state index in [2.05, 4.69) is 0 Å². The average molecular weight is 440 g/mol. The molecule has 1 aliphatic rings. The van der Waals surface area contributed by atoms with Crippen LogP contribution in [0.3, 0.4) is 0 Å². The molecule has 0 aromatic heterocycles. The number of nitrogens with zero attached hydrogens (tertiary/aromatic N) is 1. The quantitative estimate of drug-likeness (QED) is 0.344. The first-order valence-corrected chi connectivity index (χ1v) is 9.18. The maximum Gasteiger partial charge on any atom is 0.338 e. The summed E-state index contributed by atoms with van der Waals surface area (Å²) in [6, 6.07) is 10.8. The van der Waals surface area contributed by atoms with E-state index in [9.17, 15) is 30.2 Å². The largest absolute Gasteiger partial charge is 0.462 e. The summed E-state index contributed by atoms with van der Waals surface area (Å²) in [6.45, 7) is -0.636. The topological polar surface area (TPSA) is 149 Å². The molecular weight excluding hydrogens is 422 g/mol. The van der Waals surface area contributed by atoms with Gasteiger partial charge in [-0.3, -0.25) is 10.1 Å². The summed E-state index contributed by atoms with van der Waals surface area (Å²) in [5, 5.41) is 41.5. The number of aliphatic hydroxyl groups excluding tert-OH is 3. The third-order valence-electron chi connectivity index (χ3n) is 4.44. The molecule has 1 fully saturated rings. The fourth-order valence-corrected chi connectivity index (χ4v) is 2.97. The molecule has 3 rings (SSSR count). The van der Waals surface area contributed by atoms with E-state index in [0.717, 1.165) is 0 Å². The molecule has 1 saturated heterocycles. The number of nitro groups is 1. The minimum absolute atomic E-state index is 0.125. The van der Waals surface area contributed by atoms with Crippen molar-refractivity contribution in [2.45, 2.75) is 30.7 Å². The Bertz CT molecular complexity index is 890. The Hall–Kier alpha value is -2.76. The second-order valence-corrected chi connectivity index (χ2v) is 6.89. The van der Waals surface area contributed by atoms with Crippen molar-refractivity contribution < 1.29 is 39.2 Å². The molecular formula is C19H18ClNO9. The first-order valence-electron chi connectivity index (χ1n) is 8.80. The molecule has 0 spiro atoms. The second kappa shape index (κ2) is 9.37. The number of nitro benzene ring substituents is 1. The molecule has 0 amide bonds. The lowest BCUT2D eigenvalue weighted by molar-refractivity contribution is -0.384. The predicted molar refractivity (Wildman–Crippen MR) is 102 cm³/mol. The van der Waals surface area contributed by atoms with Gasteiger partial charge in [0.15, 0.2) is 12.2 Å². The molecule has 0 aliphatic carbocycles. The highest BCUT2D eigenvalue weighted by atomic mass is 35.5. The number of rotatable bonds is 6. The smallest absolute Gasteiger partial charge is 0.338 e. The van der Waals surface area contributed by atoms with E-state index in [0.29, 0.717) is 5.02 Å². The van der Waals surface area contributed by atoms with Crippen LogP contribution in [0, 0.1) is 10.1 Å². The van der Waals surface area contributed by atoms with Crippen molar-refractivity contribution >= 4 is 23.3 Å². The third kappa shape index (κ3) is 4.86. The first-order chi connectivity index (χ1) is 14.3. The summed E-state index contributed by atoms with van der Waals surface area (Å²) in [7, 11) is 0. The Morgan fingerprint density at radius 3 is 2.30 bits per heavy atom. The highest BCUT2D eigenvalue weighted by molar-refractivity contribution is 6.30. The van der Waals surface area contributed by atoms with Crippen molar-refractivity contribution in [1.82, 2.24) is 0 Å². The molecule has 11 heteroatoms. The van der Waals surface area contributed by atoms with Crippen molar-refractivity contribution in [3.8, 4) is 5.75 Å². The highest BCUT2D eigenvalue weighted by Gasteiger charge is 2.48. The number of halogens is 1. The first kappa shape index (κ1) is 21.9. The van der Waals surface area contributed by atoms with Gasteiger partial charge in [-0.05, 0) is 36.4 Å². The normalized spacial score (nSPS) is 26.1. The van der Waals surface area contributed by atoms with E-state index in [-0.39, 0.29) is 17.0 Å². The van der Waals surface area contributed by atoms with E-state index in [1.54, 1.807) is 0 Å². The number of carbonyl (C=O) groups excluding carboxylic acids is 1. The van der Waals surface area contributed by atoms with Crippen molar-refractivity contribution in [2.24, 2.45) is 0 Å². The van der Waals surface area contributed by atoms with Gasteiger partial charge >= 0.3 is 5.97 Å². The van der Waals surface area contributed by atoms with Crippen LogP contribution in [0.1, 0.15) is 10.4 Å². The van der Waals surface area contributed by atoms with Crippen LogP contribution in [0.15, 0.2) is 48.5 Å². The number of hydrogen-bond donors (Lipinski definition) is 3. The van der Waals surface area contributed by atoms with Crippen LogP contribution in [0.2, 0.25) is 5.02 Å². The van der Waals surface area contributed by atoms with Crippen LogP contribution >= 0.6 is 11.6 Å². The Morgan fingerprint density at radius 2 is 1.73 bits per heavy atom. The lowest BCUT2D eigenvalue weighted by atomic mass is 9.99. The maximum atomic E-state index is 12.4. The molecule has 2 aromatic rings. The zero-order valence-corrected chi connectivity index (χ0v) is 16.1. The van der Waals surface area contributed by atoms with Crippen molar-refractivity contribution in [1.29, 1.82) is 0 Å². The zero-order valence-electron chi connectivity index (χ0n) is 15.3. The number of esters is 1.